The minimum absolute atomic E-state index is 0.112. The summed E-state index contributed by atoms with van der Waals surface area (Å²) in [6.45, 7) is 4.03. The molecule has 0 radical (unpaired) electrons. The molecule has 1 N–H and O–H groups in total. The number of nitrogens with one attached hydrogen (secondary N) is 1. The second-order valence-electron chi connectivity index (χ2n) is 6.47. The maximum absolute atomic E-state index is 12.6. The zero-order valence-corrected chi connectivity index (χ0v) is 15.8. The van der Waals surface area contributed by atoms with Crippen molar-refractivity contribution in [1.82, 2.24) is 4.57 Å². The number of hydrogen-bond donors (Lipinski definition) is 1. The Morgan fingerprint density at radius 1 is 1.00 bits per heavy atom. The maximum atomic E-state index is 12.6. The number of anilines is 2. The lowest BCUT2D eigenvalue weighted by Crippen LogP contribution is -2.16. The predicted molar refractivity (Wildman–Crippen MR) is 111 cm³/mol. The van der Waals surface area contributed by atoms with Gasteiger partial charge in [0.25, 0.3) is 5.56 Å². The van der Waals surface area contributed by atoms with Crippen molar-refractivity contribution in [2.45, 2.75) is 13.8 Å². The molecular formula is C22H17N3OS. The minimum atomic E-state index is -0.112. The van der Waals surface area contributed by atoms with Crippen LogP contribution in [0.2, 0.25) is 0 Å². The Bertz CT molecular complexity index is 1240. The zero-order valence-electron chi connectivity index (χ0n) is 15.0. The van der Waals surface area contributed by atoms with Gasteiger partial charge in [0, 0.05) is 17.1 Å². The van der Waals surface area contributed by atoms with E-state index in [1.54, 1.807) is 16.7 Å². The molecule has 4 rings (SSSR count). The molecule has 0 aliphatic rings. The molecule has 132 valence electrons. The Labute approximate surface area is 160 Å². The monoisotopic (exact) mass is 371 g/mol. The Balaban J connectivity index is 1.94. The van der Waals surface area contributed by atoms with Crippen LogP contribution in [0.15, 0.2) is 65.5 Å². The molecule has 2 heterocycles. The summed E-state index contributed by atoms with van der Waals surface area (Å²) in [5.74, 6) is 0. The predicted octanol–water partition coefficient (Wildman–Crippen LogP) is 5.28. The van der Waals surface area contributed by atoms with Crippen LogP contribution in [0.4, 0.5) is 11.4 Å². The highest BCUT2D eigenvalue weighted by atomic mass is 32.1. The van der Waals surface area contributed by atoms with E-state index in [1.165, 1.54) is 11.3 Å². The van der Waals surface area contributed by atoms with Crippen molar-refractivity contribution >= 4 is 32.9 Å². The van der Waals surface area contributed by atoms with Crippen molar-refractivity contribution in [3.8, 4) is 11.8 Å². The Morgan fingerprint density at radius 3 is 2.48 bits per heavy atom. The fourth-order valence-corrected chi connectivity index (χ4v) is 4.16. The molecular weight excluding hydrogens is 354 g/mol. The molecule has 0 bridgehead atoms. The van der Waals surface area contributed by atoms with Gasteiger partial charge in [0.2, 0.25) is 0 Å². The van der Waals surface area contributed by atoms with Crippen LogP contribution in [0, 0.1) is 25.2 Å². The molecule has 0 saturated heterocycles. The lowest BCUT2D eigenvalue weighted by molar-refractivity contribution is 1.05. The average molecular weight is 371 g/mol. The molecule has 0 aliphatic heterocycles. The first-order valence-corrected chi connectivity index (χ1v) is 9.38. The lowest BCUT2D eigenvalue weighted by Gasteiger charge is -2.09. The van der Waals surface area contributed by atoms with Gasteiger partial charge in [-0.05, 0) is 49.7 Å². The van der Waals surface area contributed by atoms with Gasteiger partial charge in [0.15, 0.2) is 0 Å². The standard InChI is InChI=1S/C22H17N3OS/c1-14-6-8-17(9-7-14)25-20(26)11-10-18-21(19(13-23)27-22(18)25)24-16-5-3-4-15(2)12-16/h3-12,24H,1-2H3. The van der Waals surface area contributed by atoms with Crippen LogP contribution >= 0.6 is 11.3 Å². The summed E-state index contributed by atoms with van der Waals surface area (Å²) in [5.41, 5.74) is 4.60. The number of nitrogens with zero attached hydrogens (tertiary/aromatic N) is 2. The van der Waals surface area contributed by atoms with Crippen molar-refractivity contribution < 1.29 is 0 Å². The highest BCUT2D eigenvalue weighted by molar-refractivity contribution is 7.20. The molecule has 0 fully saturated rings. The van der Waals surface area contributed by atoms with Crippen LogP contribution in [-0.4, -0.2) is 4.57 Å². The van der Waals surface area contributed by atoms with Gasteiger partial charge in [0.1, 0.15) is 15.8 Å². The largest absolute Gasteiger partial charge is 0.353 e. The number of pyridine rings is 1. The average Bonchev–Trinajstić information content (AvgIpc) is 3.00. The van der Waals surface area contributed by atoms with Crippen molar-refractivity contribution in [3.63, 3.8) is 0 Å². The van der Waals surface area contributed by atoms with Gasteiger partial charge in [0.05, 0.1) is 11.4 Å². The molecule has 0 atom stereocenters. The molecule has 2 aromatic heterocycles. The van der Waals surface area contributed by atoms with Crippen LogP contribution in [0.25, 0.3) is 15.9 Å². The van der Waals surface area contributed by atoms with E-state index in [4.69, 9.17) is 0 Å². The second-order valence-corrected chi connectivity index (χ2v) is 7.47. The van der Waals surface area contributed by atoms with Gasteiger partial charge >= 0.3 is 0 Å². The molecule has 5 heteroatoms. The van der Waals surface area contributed by atoms with Crippen LogP contribution in [0.1, 0.15) is 16.0 Å². The second kappa shape index (κ2) is 6.75. The van der Waals surface area contributed by atoms with Gasteiger partial charge in [-0.25, -0.2) is 0 Å². The van der Waals surface area contributed by atoms with E-state index < -0.39 is 0 Å². The van der Waals surface area contributed by atoms with Gasteiger partial charge in [-0.1, -0.05) is 29.8 Å². The van der Waals surface area contributed by atoms with E-state index in [9.17, 15) is 10.1 Å². The SMILES string of the molecule is Cc1ccc(-n2c(=O)ccc3c(Nc4cccc(C)c4)c(C#N)sc32)cc1. The molecule has 0 amide bonds. The number of aryl methyl sites for hydroxylation is 2. The quantitative estimate of drug-likeness (QED) is 0.533. The van der Waals surface area contributed by atoms with Gasteiger partial charge in [-0.15, -0.1) is 11.3 Å². The fraction of sp³-hybridized carbons (Fsp3) is 0.0909. The Kier molecular flexibility index (Phi) is 4.27. The third-order valence-corrected chi connectivity index (χ3v) is 5.52. The Morgan fingerprint density at radius 2 is 1.78 bits per heavy atom. The van der Waals surface area contributed by atoms with Crippen LogP contribution in [0.3, 0.4) is 0 Å². The van der Waals surface area contributed by atoms with E-state index in [1.807, 2.05) is 62.4 Å². The molecule has 27 heavy (non-hydrogen) atoms. The van der Waals surface area contributed by atoms with Crippen molar-refractivity contribution in [2.75, 3.05) is 5.32 Å². The number of aromatic nitrogens is 1. The third kappa shape index (κ3) is 3.12. The summed E-state index contributed by atoms with van der Waals surface area (Å²) in [4.78, 5) is 13.9. The number of fused-ring (bicyclic) bond motifs is 1. The van der Waals surface area contributed by atoms with E-state index in [0.29, 0.717) is 4.88 Å². The number of nitriles is 1. The van der Waals surface area contributed by atoms with Crippen molar-refractivity contribution in [2.24, 2.45) is 0 Å². The summed E-state index contributed by atoms with van der Waals surface area (Å²) < 4.78 is 1.67. The maximum Gasteiger partial charge on any atom is 0.256 e. The van der Waals surface area contributed by atoms with Crippen molar-refractivity contribution in [1.29, 1.82) is 5.26 Å². The van der Waals surface area contributed by atoms with Crippen molar-refractivity contribution in [3.05, 3.63) is 87.0 Å². The third-order valence-electron chi connectivity index (χ3n) is 4.42. The summed E-state index contributed by atoms with van der Waals surface area (Å²) in [5, 5.41) is 13.9. The van der Waals surface area contributed by atoms with E-state index in [0.717, 1.165) is 38.4 Å². The zero-order chi connectivity index (χ0) is 19.0. The summed E-state index contributed by atoms with van der Waals surface area (Å²) in [6, 6.07) is 21.4. The smallest absolute Gasteiger partial charge is 0.256 e. The lowest BCUT2D eigenvalue weighted by atomic mass is 10.2. The molecule has 2 aromatic carbocycles. The first kappa shape index (κ1) is 17.1. The number of benzene rings is 2. The molecule has 4 aromatic rings. The minimum Gasteiger partial charge on any atom is -0.353 e. The summed E-state index contributed by atoms with van der Waals surface area (Å²) >= 11 is 1.33. The van der Waals surface area contributed by atoms with Gasteiger partial charge in [-0.2, -0.15) is 5.26 Å². The highest BCUT2D eigenvalue weighted by Gasteiger charge is 2.17. The molecule has 0 saturated carbocycles. The fourth-order valence-electron chi connectivity index (χ4n) is 3.09. The Hall–Kier alpha value is -3.36. The first-order chi connectivity index (χ1) is 13.1. The van der Waals surface area contributed by atoms with Crippen LogP contribution < -0.4 is 10.9 Å². The first-order valence-electron chi connectivity index (χ1n) is 8.56. The number of hydrogen-bond acceptors (Lipinski definition) is 4. The van der Waals surface area contributed by atoms with Gasteiger partial charge in [-0.3, -0.25) is 9.36 Å². The normalized spacial score (nSPS) is 10.7. The summed E-state index contributed by atoms with van der Waals surface area (Å²) in [7, 11) is 0. The number of rotatable bonds is 3. The summed E-state index contributed by atoms with van der Waals surface area (Å²) in [6.07, 6.45) is 0. The molecule has 0 aliphatic carbocycles. The highest BCUT2D eigenvalue weighted by Crippen LogP contribution is 2.37. The number of thiophene rings is 1. The molecule has 0 unspecified atom stereocenters. The topological polar surface area (TPSA) is 57.8 Å². The molecule has 4 nitrogen and oxygen atoms in total. The van der Waals surface area contributed by atoms with Crippen LogP contribution in [-0.2, 0) is 0 Å². The van der Waals surface area contributed by atoms with E-state index in [2.05, 4.69) is 11.4 Å². The van der Waals surface area contributed by atoms with E-state index >= 15 is 0 Å². The van der Waals surface area contributed by atoms with Gasteiger partial charge < -0.3 is 5.32 Å². The molecule has 0 spiro atoms. The van der Waals surface area contributed by atoms with Crippen LogP contribution in [0.5, 0.6) is 0 Å². The van der Waals surface area contributed by atoms with E-state index in [-0.39, 0.29) is 5.56 Å².